The van der Waals surface area contributed by atoms with Crippen molar-refractivity contribution in [2.24, 2.45) is 5.41 Å². The first-order valence-corrected chi connectivity index (χ1v) is 6.02. The molecule has 0 aliphatic rings. The van der Waals surface area contributed by atoms with Crippen molar-refractivity contribution < 1.29 is 9.90 Å². The van der Waals surface area contributed by atoms with E-state index in [2.05, 4.69) is 15.9 Å². The Hall–Kier alpha value is -0.350. The van der Waals surface area contributed by atoms with Crippen molar-refractivity contribution >= 4 is 33.2 Å². The monoisotopic (exact) mass is 276 g/mol. The van der Waals surface area contributed by atoms with E-state index in [1.807, 2.05) is 25.3 Å². The molecule has 14 heavy (non-hydrogen) atoms. The van der Waals surface area contributed by atoms with E-state index in [0.29, 0.717) is 0 Å². The molecule has 1 N–H and O–H groups in total. The molecule has 1 rings (SSSR count). The molecule has 1 heterocycles. The standard InChI is InChI=1S/C10H13BrO2S/c1-10(2,6-9(12)13)5-8-7(11)3-4-14-8/h3-4H,5-6H2,1-2H3,(H,12,13). The van der Waals surface area contributed by atoms with Crippen LogP contribution in [0.25, 0.3) is 0 Å². The molecule has 0 atom stereocenters. The molecule has 1 aromatic rings. The number of aliphatic carboxylic acids is 1. The summed E-state index contributed by atoms with van der Waals surface area (Å²) in [6, 6.07) is 2.00. The number of thiophene rings is 1. The van der Waals surface area contributed by atoms with Gasteiger partial charge in [0.1, 0.15) is 0 Å². The maximum absolute atomic E-state index is 10.6. The highest BCUT2D eigenvalue weighted by Gasteiger charge is 2.23. The summed E-state index contributed by atoms with van der Waals surface area (Å²) >= 11 is 5.11. The second kappa shape index (κ2) is 4.45. The fraction of sp³-hybridized carbons (Fsp3) is 0.500. The molecule has 0 amide bonds. The molecule has 4 heteroatoms. The second-order valence-electron chi connectivity index (χ2n) is 4.10. The van der Waals surface area contributed by atoms with Crippen LogP contribution < -0.4 is 0 Å². The Morgan fingerprint density at radius 2 is 2.29 bits per heavy atom. The van der Waals surface area contributed by atoms with Crippen LogP contribution in [0.3, 0.4) is 0 Å². The summed E-state index contributed by atoms with van der Waals surface area (Å²) in [5.41, 5.74) is -0.181. The van der Waals surface area contributed by atoms with Gasteiger partial charge in [-0.05, 0) is 39.2 Å². The Balaban J connectivity index is 2.68. The zero-order chi connectivity index (χ0) is 10.8. The van der Waals surface area contributed by atoms with E-state index < -0.39 is 5.97 Å². The SMILES string of the molecule is CC(C)(CC(=O)O)Cc1sccc1Br. The van der Waals surface area contributed by atoms with Crippen molar-refractivity contribution in [1.82, 2.24) is 0 Å². The average Bonchev–Trinajstić information content (AvgIpc) is 2.32. The summed E-state index contributed by atoms with van der Waals surface area (Å²) in [6.45, 7) is 3.96. The fourth-order valence-corrected chi connectivity index (χ4v) is 3.11. The van der Waals surface area contributed by atoms with Crippen molar-refractivity contribution in [2.45, 2.75) is 26.7 Å². The third kappa shape index (κ3) is 3.42. The summed E-state index contributed by atoms with van der Waals surface area (Å²) in [7, 11) is 0. The van der Waals surface area contributed by atoms with Crippen molar-refractivity contribution in [3.05, 3.63) is 20.8 Å². The first-order valence-electron chi connectivity index (χ1n) is 4.34. The molecule has 0 unspecified atom stereocenters. The lowest BCUT2D eigenvalue weighted by Crippen LogP contribution is -2.19. The Labute approximate surface area is 96.1 Å². The molecule has 0 spiro atoms. The lowest BCUT2D eigenvalue weighted by atomic mass is 9.85. The third-order valence-corrected chi connectivity index (χ3v) is 3.89. The number of rotatable bonds is 4. The molecule has 0 aliphatic heterocycles. The van der Waals surface area contributed by atoms with Crippen LogP contribution >= 0.6 is 27.3 Å². The zero-order valence-electron chi connectivity index (χ0n) is 8.21. The summed E-state index contributed by atoms with van der Waals surface area (Å²) in [5, 5.41) is 10.7. The average molecular weight is 277 g/mol. The molecule has 0 radical (unpaired) electrons. The topological polar surface area (TPSA) is 37.3 Å². The van der Waals surface area contributed by atoms with E-state index in [0.717, 1.165) is 10.9 Å². The molecule has 0 saturated carbocycles. The summed E-state index contributed by atoms with van der Waals surface area (Å²) in [6.07, 6.45) is 1.01. The molecule has 2 nitrogen and oxygen atoms in total. The van der Waals surface area contributed by atoms with E-state index in [4.69, 9.17) is 5.11 Å². The van der Waals surface area contributed by atoms with Gasteiger partial charge in [-0.3, -0.25) is 4.79 Å². The molecule has 0 bridgehead atoms. The Morgan fingerprint density at radius 3 is 2.71 bits per heavy atom. The number of halogens is 1. The van der Waals surface area contributed by atoms with Gasteiger partial charge < -0.3 is 5.11 Å². The molecular weight excluding hydrogens is 264 g/mol. The van der Waals surface area contributed by atoms with Gasteiger partial charge in [0.2, 0.25) is 0 Å². The van der Waals surface area contributed by atoms with E-state index in [1.165, 1.54) is 4.88 Å². The van der Waals surface area contributed by atoms with E-state index in [1.54, 1.807) is 11.3 Å². The number of carboxylic acids is 1. The smallest absolute Gasteiger partial charge is 0.303 e. The molecule has 0 aliphatic carbocycles. The van der Waals surface area contributed by atoms with Crippen LogP contribution in [0, 0.1) is 5.41 Å². The van der Waals surface area contributed by atoms with Crippen LogP contribution in [0.15, 0.2) is 15.9 Å². The fourth-order valence-electron chi connectivity index (χ4n) is 1.36. The van der Waals surface area contributed by atoms with Crippen LogP contribution in [-0.4, -0.2) is 11.1 Å². The summed E-state index contributed by atoms with van der Waals surface area (Å²) < 4.78 is 1.08. The quantitative estimate of drug-likeness (QED) is 0.913. The molecule has 1 aromatic heterocycles. The Morgan fingerprint density at radius 1 is 1.64 bits per heavy atom. The molecule has 0 aromatic carbocycles. The molecule has 78 valence electrons. The number of hydrogen-bond acceptors (Lipinski definition) is 2. The van der Waals surface area contributed by atoms with E-state index in [9.17, 15) is 4.79 Å². The minimum Gasteiger partial charge on any atom is -0.481 e. The van der Waals surface area contributed by atoms with E-state index >= 15 is 0 Å². The maximum atomic E-state index is 10.6. The highest BCUT2D eigenvalue weighted by Crippen LogP contribution is 2.32. The highest BCUT2D eigenvalue weighted by molar-refractivity contribution is 9.10. The molecular formula is C10H13BrO2S. The van der Waals surface area contributed by atoms with Gasteiger partial charge in [-0.2, -0.15) is 0 Å². The van der Waals surface area contributed by atoms with Gasteiger partial charge in [-0.15, -0.1) is 11.3 Å². The first kappa shape index (κ1) is 11.7. The van der Waals surface area contributed by atoms with Gasteiger partial charge >= 0.3 is 5.97 Å². The van der Waals surface area contributed by atoms with Gasteiger partial charge in [-0.25, -0.2) is 0 Å². The maximum Gasteiger partial charge on any atom is 0.303 e. The lowest BCUT2D eigenvalue weighted by molar-refractivity contribution is -0.139. The first-order chi connectivity index (χ1) is 6.41. The lowest BCUT2D eigenvalue weighted by Gasteiger charge is -2.21. The predicted octanol–water partition coefficient (Wildman–Crippen LogP) is 3.55. The van der Waals surface area contributed by atoms with Gasteiger partial charge in [0, 0.05) is 9.35 Å². The van der Waals surface area contributed by atoms with Crippen LogP contribution in [0.1, 0.15) is 25.1 Å². The summed E-state index contributed by atoms with van der Waals surface area (Å²) in [5.74, 6) is -0.734. The minimum atomic E-state index is -0.734. The van der Waals surface area contributed by atoms with Crippen LogP contribution in [0.4, 0.5) is 0 Å². The minimum absolute atomic E-state index is 0.181. The summed E-state index contributed by atoms with van der Waals surface area (Å²) in [4.78, 5) is 11.8. The van der Waals surface area contributed by atoms with Gasteiger partial charge in [0.05, 0.1) is 6.42 Å². The number of carbonyl (C=O) groups is 1. The van der Waals surface area contributed by atoms with Gasteiger partial charge in [0.25, 0.3) is 0 Å². The Bertz CT molecular complexity index is 331. The predicted molar refractivity (Wildman–Crippen MR) is 61.8 cm³/mol. The second-order valence-corrected chi connectivity index (χ2v) is 5.96. The molecule has 0 saturated heterocycles. The van der Waals surface area contributed by atoms with Crippen LogP contribution in [-0.2, 0) is 11.2 Å². The number of hydrogen-bond donors (Lipinski definition) is 1. The van der Waals surface area contributed by atoms with E-state index in [-0.39, 0.29) is 11.8 Å². The molecule has 0 fully saturated rings. The van der Waals surface area contributed by atoms with Crippen molar-refractivity contribution in [2.75, 3.05) is 0 Å². The Kier molecular flexibility index (Phi) is 3.72. The zero-order valence-corrected chi connectivity index (χ0v) is 10.6. The normalized spacial score (nSPS) is 11.6. The third-order valence-electron chi connectivity index (χ3n) is 1.96. The van der Waals surface area contributed by atoms with Gasteiger partial charge in [-0.1, -0.05) is 13.8 Å². The van der Waals surface area contributed by atoms with Gasteiger partial charge in [0.15, 0.2) is 0 Å². The van der Waals surface area contributed by atoms with Crippen molar-refractivity contribution in [1.29, 1.82) is 0 Å². The largest absolute Gasteiger partial charge is 0.481 e. The number of carboxylic acid groups (broad SMARTS) is 1. The van der Waals surface area contributed by atoms with Crippen molar-refractivity contribution in [3.8, 4) is 0 Å². The highest BCUT2D eigenvalue weighted by atomic mass is 79.9. The van der Waals surface area contributed by atoms with Crippen molar-refractivity contribution in [3.63, 3.8) is 0 Å². The van der Waals surface area contributed by atoms with Crippen LogP contribution in [0.5, 0.6) is 0 Å². The van der Waals surface area contributed by atoms with Crippen LogP contribution in [0.2, 0.25) is 0 Å².